The number of fused-ring (bicyclic) bond motifs is 1. The summed E-state index contributed by atoms with van der Waals surface area (Å²) in [5.41, 5.74) is 1.55. The Morgan fingerprint density at radius 2 is 1.82 bits per heavy atom. The van der Waals surface area contributed by atoms with Crippen LogP contribution in [0.25, 0.3) is 10.2 Å². The van der Waals surface area contributed by atoms with Gasteiger partial charge in [-0.2, -0.15) is 0 Å². The molecule has 1 aliphatic heterocycles. The van der Waals surface area contributed by atoms with Crippen LogP contribution >= 0.6 is 11.3 Å². The molecule has 1 amide bonds. The zero-order chi connectivity index (χ0) is 27.4. The number of carbonyl (C=O) groups excluding carboxylic acids is 1. The minimum Gasteiger partial charge on any atom is -0.497 e. The maximum atomic E-state index is 13.1. The highest BCUT2D eigenvalue weighted by Gasteiger charge is 2.20. The predicted molar refractivity (Wildman–Crippen MR) is 151 cm³/mol. The minimum atomic E-state index is -3.91. The number of rotatable bonds is 9. The third-order valence-corrected chi connectivity index (χ3v) is 8.92. The SMILES string of the molecule is COc1ccc2nc(N3CCN(CCNC(=O)c4cccc(NS(=O)(=O)c5ccc(F)cc5)c4)CC3)sc2c1. The molecule has 0 atom stereocenters. The second-order valence-electron chi connectivity index (χ2n) is 9.05. The number of halogens is 1. The van der Waals surface area contributed by atoms with Crippen molar-refractivity contribution in [2.75, 3.05) is 56.0 Å². The molecule has 12 heteroatoms. The van der Waals surface area contributed by atoms with Crippen molar-refractivity contribution in [3.8, 4) is 5.75 Å². The van der Waals surface area contributed by atoms with Gasteiger partial charge < -0.3 is 15.0 Å². The molecule has 0 saturated carbocycles. The highest BCUT2D eigenvalue weighted by atomic mass is 32.2. The number of piperazine rings is 1. The van der Waals surface area contributed by atoms with Crippen LogP contribution < -0.4 is 19.7 Å². The molecule has 1 fully saturated rings. The molecule has 1 aliphatic rings. The van der Waals surface area contributed by atoms with Crippen molar-refractivity contribution in [2.45, 2.75) is 4.90 Å². The van der Waals surface area contributed by atoms with Gasteiger partial charge in [0.1, 0.15) is 11.6 Å². The lowest BCUT2D eigenvalue weighted by atomic mass is 10.2. The summed E-state index contributed by atoms with van der Waals surface area (Å²) in [7, 11) is -2.25. The Morgan fingerprint density at radius 3 is 2.56 bits per heavy atom. The first kappa shape index (κ1) is 26.9. The van der Waals surface area contributed by atoms with E-state index in [9.17, 15) is 17.6 Å². The van der Waals surface area contributed by atoms with Crippen LogP contribution in [0.15, 0.2) is 71.6 Å². The van der Waals surface area contributed by atoms with Crippen LogP contribution in [0.1, 0.15) is 10.4 Å². The monoisotopic (exact) mass is 569 g/mol. The predicted octanol–water partition coefficient (Wildman–Crippen LogP) is 3.80. The summed E-state index contributed by atoms with van der Waals surface area (Å²) in [6, 6.07) is 16.7. The number of nitrogens with one attached hydrogen (secondary N) is 2. The van der Waals surface area contributed by atoms with Gasteiger partial charge in [0, 0.05) is 50.5 Å². The lowest BCUT2D eigenvalue weighted by Crippen LogP contribution is -2.48. The molecule has 5 rings (SSSR count). The average molecular weight is 570 g/mol. The molecule has 39 heavy (non-hydrogen) atoms. The number of thiazole rings is 1. The first-order valence-corrected chi connectivity index (χ1v) is 14.7. The van der Waals surface area contributed by atoms with Gasteiger partial charge in [0.2, 0.25) is 0 Å². The number of nitrogens with zero attached hydrogens (tertiary/aromatic N) is 3. The molecule has 0 aliphatic carbocycles. The Bertz CT molecular complexity index is 1570. The summed E-state index contributed by atoms with van der Waals surface area (Å²) in [6.07, 6.45) is 0. The molecule has 9 nitrogen and oxygen atoms in total. The molecule has 1 saturated heterocycles. The quantitative estimate of drug-likeness (QED) is 0.316. The van der Waals surface area contributed by atoms with Crippen molar-refractivity contribution in [2.24, 2.45) is 0 Å². The lowest BCUT2D eigenvalue weighted by Gasteiger charge is -2.34. The number of sulfonamides is 1. The van der Waals surface area contributed by atoms with Gasteiger partial charge in [0.15, 0.2) is 5.13 Å². The highest BCUT2D eigenvalue weighted by Crippen LogP contribution is 2.31. The van der Waals surface area contributed by atoms with Crippen molar-refractivity contribution in [1.82, 2.24) is 15.2 Å². The van der Waals surface area contributed by atoms with Crippen LogP contribution in [0.4, 0.5) is 15.2 Å². The van der Waals surface area contributed by atoms with Crippen LogP contribution in [0.2, 0.25) is 0 Å². The molecule has 4 aromatic rings. The third kappa shape index (κ3) is 6.47. The normalized spacial score (nSPS) is 14.4. The van der Waals surface area contributed by atoms with E-state index in [1.54, 1.807) is 36.6 Å². The van der Waals surface area contributed by atoms with Crippen molar-refractivity contribution >= 4 is 48.3 Å². The first-order valence-electron chi connectivity index (χ1n) is 12.4. The third-order valence-electron chi connectivity index (χ3n) is 6.44. The van der Waals surface area contributed by atoms with Gasteiger partial charge in [-0.25, -0.2) is 17.8 Å². The number of aromatic nitrogens is 1. The van der Waals surface area contributed by atoms with Gasteiger partial charge in [0.05, 0.1) is 22.2 Å². The molecule has 0 spiro atoms. The maximum Gasteiger partial charge on any atom is 0.261 e. The second kappa shape index (κ2) is 11.6. The zero-order valence-corrected chi connectivity index (χ0v) is 22.9. The molecule has 0 unspecified atom stereocenters. The number of benzene rings is 3. The Balaban J connectivity index is 1.10. The molecule has 1 aromatic heterocycles. The van der Waals surface area contributed by atoms with E-state index in [1.807, 2.05) is 18.2 Å². The highest BCUT2D eigenvalue weighted by molar-refractivity contribution is 7.92. The van der Waals surface area contributed by atoms with Crippen LogP contribution in [0, 0.1) is 5.82 Å². The molecule has 204 valence electrons. The van der Waals surface area contributed by atoms with Gasteiger partial charge in [0.25, 0.3) is 15.9 Å². The summed E-state index contributed by atoms with van der Waals surface area (Å²) in [5, 5.41) is 3.91. The fraction of sp³-hybridized carbons (Fsp3) is 0.259. The minimum absolute atomic E-state index is 0.0674. The average Bonchev–Trinajstić information content (AvgIpc) is 3.37. The second-order valence-corrected chi connectivity index (χ2v) is 11.7. The van der Waals surface area contributed by atoms with E-state index in [4.69, 9.17) is 9.72 Å². The Labute approximate surface area is 230 Å². The summed E-state index contributed by atoms with van der Waals surface area (Å²) in [4.78, 5) is 22.0. The van der Waals surface area contributed by atoms with Gasteiger partial charge in [-0.15, -0.1) is 0 Å². The topological polar surface area (TPSA) is 104 Å². The van der Waals surface area contributed by atoms with Gasteiger partial charge in [-0.05, 0) is 60.7 Å². The van der Waals surface area contributed by atoms with Crippen molar-refractivity contribution in [1.29, 1.82) is 0 Å². The van der Waals surface area contributed by atoms with Crippen LogP contribution in [-0.4, -0.2) is 70.6 Å². The summed E-state index contributed by atoms with van der Waals surface area (Å²) < 4.78 is 47.1. The number of amides is 1. The Kier molecular flexibility index (Phi) is 7.96. The smallest absolute Gasteiger partial charge is 0.261 e. The number of methoxy groups -OCH3 is 1. The van der Waals surface area contributed by atoms with E-state index in [1.165, 1.54) is 18.2 Å². The van der Waals surface area contributed by atoms with E-state index in [-0.39, 0.29) is 16.5 Å². The summed E-state index contributed by atoms with van der Waals surface area (Å²) in [5.74, 6) is 0.00743. The summed E-state index contributed by atoms with van der Waals surface area (Å²) in [6.45, 7) is 4.58. The molecule has 2 N–H and O–H groups in total. The van der Waals surface area contributed by atoms with Gasteiger partial charge >= 0.3 is 0 Å². The molecular weight excluding hydrogens is 541 g/mol. The fourth-order valence-corrected chi connectivity index (χ4v) is 6.39. The zero-order valence-electron chi connectivity index (χ0n) is 21.3. The molecule has 0 bridgehead atoms. The fourth-order valence-electron chi connectivity index (χ4n) is 4.30. The number of hydrogen-bond donors (Lipinski definition) is 2. The van der Waals surface area contributed by atoms with E-state index in [2.05, 4.69) is 19.8 Å². The van der Waals surface area contributed by atoms with Crippen LogP contribution in [0.3, 0.4) is 0 Å². The lowest BCUT2D eigenvalue weighted by molar-refractivity contribution is 0.0948. The number of carbonyl (C=O) groups is 1. The van der Waals surface area contributed by atoms with Crippen LogP contribution in [-0.2, 0) is 10.0 Å². The molecule has 3 aromatic carbocycles. The van der Waals surface area contributed by atoms with Gasteiger partial charge in [-0.3, -0.25) is 14.4 Å². The number of ether oxygens (including phenoxy) is 1. The Hall–Kier alpha value is -3.74. The van der Waals surface area contributed by atoms with E-state index in [0.717, 1.165) is 59.4 Å². The van der Waals surface area contributed by atoms with Crippen molar-refractivity contribution in [3.05, 3.63) is 78.1 Å². The van der Waals surface area contributed by atoms with Crippen molar-refractivity contribution in [3.63, 3.8) is 0 Å². The Morgan fingerprint density at radius 1 is 1.05 bits per heavy atom. The van der Waals surface area contributed by atoms with E-state index in [0.29, 0.717) is 18.7 Å². The first-order chi connectivity index (χ1) is 18.8. The standard InChI is InChI=1S/C27H28FN5O4S2/c1-37-22-7-10-24-25(18-22)38-27(30-24)33-15-13-32(14-16-33)12-11-29-26(34)19-3-2-4-21(17-19)31-39(35,36)23-8-5-20(28)6-9-23/h2-10,17-18,31H,11-16H2,1H3,(H,29,34). The van der Waals surface area contributed by atoms with E-state index < -0.39 is 15.8 Å². The largest absolute Gasteiger partial charge is 0.497 e. The van der Waals surface area contributed by atoms with E-state index >= 15 is 0 Å². The number of hydrogen-bond acceptors (Lipinski definition) is 8. The maximum absolute atomic E-state index is 13.1. The van der Waals surface area contributed by atoms with Gasteiger partial charge in [-0.1, -0.05) is 17.4 Å². The molecule has 0 radical (unpaired) electrons. The number of anilines is 2. The van der Waals surface area contributed by atoms with Crippen molar-refractivity contribution < 1.29 is 22.3 Å². The molecule has 2 heterocycles. The molecular formula is C27H28FN5O4S2. The van der Waals surface area contributed by atoms with Crippen LogP contribution in [0.5, 0.6) is 5.75 Å². The summed E-state index contributed by atoms with van der Waals surface area (Å²) >= 11 is 1.66.